The van der Waals surface area contributed by atoms with E-state index in [2.05, 4.69) is 10.3 Å². The van der Waals surface area contributed by atoms with E-state index in [1.807, 2.05) is 6.07 Å². The molecule has 2 aromatic rings. The molecule has 1 N–H and O–H groups in total. The number of hydrogen-bond donors (Lipinski definition) is 1. The highest BCUT2D eigenvalue weighted by atomic mass is 35.5. The van der Waals surface area contributed by atoms with E-state index in [0.717, 1.165) is 17.1 Å². The zero-order valence-electron chi connectivity index (χ0n) is 15.5. The van der Waals surface area contributed by atoms with Gasteiger partial charge < -0.3 is 10.2 Å². The molecule has 28 heavy (non-hydrogen) atoms. The summed E-state index contributed by atoms with van der Waals surface area (Å²) in [4.78, 5) is 31.1. The monoisotopic (exact) mass is 415 g/mol. The highest BCUT2D eigenvalue weighted by molar-refractivity contribution is 7.99. The molecule has 1 saturated carbocycles. The summed E-state index contributed by atoms with van der Waals surface area (Å²) in [7, 11) is 0. The van der Waals surface area contributed by atoms with E-state index in [-0.39, 0.29) is 11.8 Å². The third-order valence-electron chi connectivity index (χ3n) is 5.18. The SMILES string of the molecule is O=C(Nc1cc(N2CCCC2=O)ccc1Cl)c1cccnc1SC1CCCC1. The third kappa shape index (κ3) is 4.18. The van der Waals surface area contributed by atoms with E-state index in [1.54, 1.807) is 47.1 Å². The van der Waals surface area contributed by atoms with Gasteiger partial charge in [-0.05, 0) is 49.6 Å². The molecule has 4 rings (SSSR count). The summed E-state index contributed by atoms with van der Waals surface area (Å²) in [5.41, 5.74) is 1.82. The zero-order chi connectivity index (χ0) is 19.5. The van der Waals surface area contributed by atoms with Crippen LogP contribution in [0.15, 0.2) is 41.6 Å². The first-order valence-corrected chi connectivity index (χ1v) is 10.9. The van der Waals surface area contributed by atoms with Crippen molar-refractivity contribution in [2.75, 3.05) is 16.8 Å². The summed E-state index contributed by atoms with van der Waals surface area (Å²) in [5, 5.41) is 4.63. The molecule has 146 valence electrons. The number of hydrogen-bond acceptors (Lipinski definition) is 4. The van der Waals surface area contributed by atoms with Crippen LogP contribution in [0.25, 0.3) is 0 Å². The molecule has 0 radical (unpaired) electrons. The lowest BCUT2D eigenvalue weighted by atomic mass is 10.2. The van der Waals surface area contributed by atoms with E-state index < -0.39 is 0 Å². The smallest absolute Gasteiger partial charge is 0.258 e. The molecule has 0 spiro atoms. The van der Waals surface area contributed by atoms with Crippen molar-refractivity contribution >= 4 is 46.6 Å². The highest BCUT2D eigenvalue weighted by Gasteiger charge is 2.24. The van der Waals surface area contributed by atoms with Crippen molar-refractivity contribution in [3.8, 4) is 0 Å². The van der Waals surface area contributed by atoms with Gasteiger partial charge in [0, 0.05) is 30.1 Å². The summed E-state index contributed by atoms with van der Waals surface area (Å²) in [6.45, 7) is 0.693. The van der Waals surface area contributed by atoms with E-state index >= 15 is 0 Å². The first kappa shape index (κ1) is 19.3. The number of aromatic nitrogens is 1. The number of carbonyl (C=O) groups excluding carboxylic acids is 2. The number of halogens is 1. The van der Waals surface area contributed by atoms with Gasteiger partial charge in [0.25, 0.3) is 5.91 Å². The fourth-order valence-corrected chi connectivity index (χ4v) is 5.17. The van der Waals surface area contributed by atoms with Crippen LogP contribution in [0, 0.1) is 0 Å². The lowest BCUT2D eigenvalue weighted by Gasteiger charge is -2.18. The van der Waals surface area contributed by atoms with Gasteiger partial charge in [-0.3, -0.25) is 9.59 Å². The Bertz CT molecular complexity index is 899. The number of nitrogens with one attached hydrogen (secondary N) is 1. The molecule has 2 heterocycles. The van der Waals surface area contributed by atoms with E-state index in [0.29, 0.717) is 34.5 Å². The number of pyridine rings is 1. The van der Waals surface area contributed by atoms with Gasteiger partial charge in [-0.1, -0.05) is 24.4 Å². The van der Waals surface area contributed by atoms with E-state index in [4.69, 9.17) is 11.6 Å². The van der Waals surface area contributed by atoms with Crippen LogP contribution in [0.4, 0.5) is 11.4 Å². The lowest BCUT2D eigenvalue weighted by Crippen LogP contribution is -2.24. The van der Waals surface area contributed by atoms with Crippen LogP contribution in [0.3, 0.4) is 0 Å². The predicted octanol–water partition coefficient (Wildman–Crippen LogP) is 5.15. The number of thioether (sulfide) groups is 1. The molecule has 7 heteroatoms. The molecule has 2 fully saturated rings. The fraction of sp³-hybridized carbons (Fsp3) is 0.381. The molecule has 1 aliphatic carbocycles. The standard InChI is InChI=1S/C21H22ClN3O2S/c22-17-10-9-14(25-12-4-8-19(25)26)13-18(17)24-20(27)16-7-3-11-23-21(16)28-15-5-1-2-6-15/h3,7,9-11,13,15H,1-2,4-6,8,12H2,(H,24,27). The fourth-order valence-electron chi connectivity index (χ4n) is 3.71. The zero-order valence-corrected chi connectivity index (χ0v) is 17.1. The van der Waals surface area contributed by atoms with Gasteiger partial charge in [-0.15, -0.1) is 11.8 Å². The predicted molar refractivity (Wildman–Crippen MR) is 113 cm³/mol. The first-order chi connectivity index (χ1) is 13.6. The molecular weight excluding hydrogens is 394 g/mol. The Morgan fingerprint density at radius 2 is 2.04 bits per heavy atom. The number of nitrogens with zero attached hydrogens (tertiary/aromatic N) is 2. The van der Waals surface area contributed by atoms with Gasteiger partial charge in [0.05, 0.1) is 16.3 Å². The molecular formula is C21H22ClN3O2S. The Labute approximate surface area is 173 Å². The summed E-state index contributed by atoms with van der Waals surface area (Å²) >= 11 is 8.00. The lowest BCUT2D eigenvalue weighted by molar-refractivity contribution is -0.117. The topological polar surface area (TPSA) is 62.3 Å². The Morgan fingerprint density at radius 3 is 2.79 bits per heavy atom. The summed E-state index contributed by atoms with van der Waals surface area (Å²) < 4.78 is 0. The highest BCUT2D eigenvalue weighted by Crippen LogP contribution is 2.36. The molecule has 2 amide bonds. The maximum Gasteiger partial charge on any atom is 0.258 e. The van der Waals surface area contributed by atoms with Crippen LogP contribution >= 0.6 is 23.4 Å². The van der Waals surface area contributed by atoms with Gasteiger partial charge in [0.15, 0.2) is 0 Å². The van der Waals surface area contributed by atoms with Gasteiger partial charge in [0.2, 0.25) is 5.91 Å². The number of anilines is 2. The molecule has 0 atom stereocenters. The summed E-state index contributed by atoms with van der Waals surface area (Å²) in [5.74, 6) is -0.137. The number of rotatable bonds is 5. The molecule has 5 nitrogen and oxygen atoms in total. The molecule has 0 unspecified atom stereocenters. The minimum absolute atomic E-state index is 0.0992. The Hall–Kier alpha value is -2.05. The second-order valence-electron chi connectivity index (χ2n) is 7.15. The molecule has 1 aromatic heterocycles. The maximum absolute atomic E-state index is 13.0. The number of carbonyl (C=O) groups is 2. The summed E-state index contributed by atoms with van der Waals surface area (Å²) in [6.07, 6.45) is 7.94. The van der Waals surface area contributed by atoms with Crippen molar-refractivity contribution in [2.24, 2.45) is 0 Å². The van der Waals surface area contributed by atoms with Crippen LogP contribution in [0.1, 0.15) is 48.9 Å². The second kappa shape index (κ2) is 8.53. The molecule has 2 aliphatic rings. The first-order valence-electron chi connectivity index (χ1n) is 9.65. The third-order valence-corrected chi connectivity index (χ3v) is 6.86. The second-order valence-corrected chi connectivity index (χ2v) is 8.84. The minimum atomic E-state index is -0.236. The van der Waals surface area contributed by atoms with E-state index in [9.17, 15) is 9.59 Å². The molecule has 1 aliphatic heterocycles. The largest absolute Gasteiger partial charge is 0.320 e. The average Bonchev–Trinajstić information content (AvgIpc) is 3.36. The van der Waals surface area contributed by atoms with Crippen molar-refractivity contribution in [2.45, 2.75) is 48.8 Å². The average molecular weight is 416 g/mol. The maximum atomic E-state index is 13.0. The minimum Gasteiger partial charge on any atom is -0.320 e. The Morgan fingerprint density at radius 1 is 1.21 bits per heavy atom. The molecule has 0 bridgehead atoms. The van der Waals surface area contributed by atoms with Gasteiger partial charge in [-0.2, -0.15) is 0 Å². The van der Waals surface area contributed by atoms with Crippen molar-refractivity contribution in [1.82, 2.24) is 4.98 Å². The van der Waals surface area contributed by atoms with Gasteiger partial charge in [-0.25, -0.2) is 4.98 Å². The van der Waals surface area contributed by atoms with Crippen LogP contribution in [0.5, 0.6) is 0 Å². The van der Waals surface area contributed by atoms with Crippen LogP contribution < -0.4 is 10.2 Å². The van der Waals surface area contributed by atoms with Crippen LogP contribution in [0.2, 0.25) is 5.02 Å². The number of amides is 2. The molecule has 1 saturated heterocycles. The summed E-state index contributed by atoms with van der Waals surface area (Å²) in [6, 6.07) is 8.86. The van der Waals surface area contributed by atoms with E-state index in [1.165, 1.54) is 25.7 Å². The van der Waals surface area contributed by atoms with Gasteiger partial charge in [0.1, 0.15) is 5.03 Å². The Balaban J connectivity index is 1.54. The number of benzene rings is 1. The normalized spacial score (nSPS) is 17.3. The van der Waals surface area contributed by atoms with Crippen molar-refractivity contribution < 1.29 is 9.59 Å². The van der Waals surface area contributed by atoms with Crippen molar-refractivity contribution in [1.29, 1.82) is 0 Å². The Kier molecular flexibility index (Phi) is 5.87. The molecule has 1 aromatic carbocycles. The van der Waals surface area contributed by atoms with Gasteiger partial charge >= 0.3 is 0 Å². The van der Waals surface area contributed by atoms with Crippen molar-refractivity contribution in [3.05, 3.63) is 47.1 Å². The quantitative estimate of drug-likeness (QED) is 0.733. The van der Waals surface area contributed by atoms with Crippen LogP contribution in [-0.2, 0) is 4.79 Å². The van der Waals surface area contributed by atoms with Crippen LogP contribution in [-0.4, -0.2) is 28.6 Å². The van der Waals surface area contributed by atoms with Crippen molar-refractivity contribution in [3.63, 3.8) is 0 Å².